The molecule has 0 saturated heterocycles. The zero-order valence-electron chi connectivity index (χ0n) is 16.8. The van der Waals surface area contributed by atoms with Crippen molar-refractivity contribution in [1.29, 1.82) is 0 Å². The predicted molar refractivity (Wildman–Crippen MR) is 101 cm³/mol. The average Bonchev–Trinajstić information content (AvgIpc) is 2.96. The van der Waals surface area contributed by atoms with Gasteiger partial charge in [-0.15, -0.1) is 0 Å². The molecule has 2 atom stereocenters. The minimum atomic E-state index is -0.177. The number of carbonyl (C=O) groups is 2. The molecule has 146 valence electrons. The summed E-state index contributed by atoms with van der Waals surface area (Å²) in [6, 6.07) is 3.51. The van der Waals surface area contributed by atoms with E-state index in [0.717, 1.165) is 11.1 Å². The van der Waals surface area contributed by atoms with Crippen molar-refractivity contribution in [3.05, 3.63) is 29.0 Å². The molecule has 0 radical (unpaired) electrons. The van der Waals surface area contributed by atoms with E-state index in [0.29, 0.717) is 35.3 Å². The van der Waals surface area contributed by atoms with Crippen LogP contribution in [0.2, 0.25) is 0 Å². The van der Waals surface area contributed by atoms with Crippen molar-refractivity contribution in [2.24, 2.45) is 17.3 Å². The van der Waals surface area contributed by atoms with Gasteiger partial charge in [-0.3, -0.25) is 9.59 Å². The largest absolute Gasteiger partial charge is 0.493 e. The van der Waals surface area contributed by atoms with Crippen molar-refractivity contribution in [2.45, 2.75) is 33.6 Å². The molecular weight excluding hydrogens is 346 g/mol. The van der Waals surface area contributed by atoms with Crippen LogP contribution in [0.1, 0.15) is 32.8 Å². The van der Waals surface area contributed by atoms with Gasteiger partial charge in [0, 0.05) is 17.7 Å². The minimum Gasteiger partial charge on any atom is -0.493 e. The van der Waals surface area contributed by atoms with Crippen molar-refractivity contribution in [3.8, 4) is 17.2 Å². The van der Waals surface area contributed by atoms with Crippen LogP contribution in [0.5, 0.6) is 17.2 Å². The first-order chi connectivity index (χ1) is 12.7. The Bertz CT molecular complexity index is 799. The number of rotatable bonds is 6. The number of ether oxygens (including phenoxy) is 3. The molecule has 27 heavy (non-hydrogen) atoms. The Kier molecular flexibility index (Phi) is 4.93. The quantitative estimate of drug-likeness (QED) is 0.776. The third-order valence-electron chi connectivity index (χ3n) is 5.89. The predicted octanol–water partition coefficient (Wildman–Crippen LogP) is 2.89. The molecule has 6 heteroatoms. The molecule has 2 aliphatic carbocycles. The monoisotopic (exact) mass is 373 g/mol. The van der Waals surface area contributed by atoms with Crippen LogP contribution in [0.15, 0.2) is 23.4 Å². The van der Waals surface area contributed by atoms with E-state index in [9.17, 15) is 9.59 Å². The van der Waals surface area contributed by atoms with Gasteiger partial charge in [-0.1, -0.05) is 13.8 Å². The molecule has 3 rings (SSSR count). The standard InChI is InChI=1S/C21H27NO5/c1-11(18-14(23)10-13-19(18)21(13,2)3)22-17(24)9-12-7-15(25-4)20(27-6)16(8-12)26-5/h7-8,13,19H,9-10H2,1-6H3,(H,22,24)/t13-,19-/m1/s1. The second-order valence-electron chi connectivity index (χ2n) is 7.83. The Morgan fingerprint density at radius 1 is 1.15 bits per heavy atom. The Hall–Kier alpha value is -2.50. The van der Waals surface area contributed by atoms with Gasteiger partial charge in [-0.2, -0.15) is 0 Å². The fourth-order valence-electron chi connectivity index (χ4n) is 4.37. The molecule has 0 aromatic heterocycles. The molecule has 6 nitrogen and oxygen atoms in total. The van der Waals surface area contributed by atoms with E-state index < -0.39 is 0 Å². The third-order valence-corrected chi connectivity index (χ3v) is 5.89. The van der Waals surface area contributed by atoms with E-state index in [4.69, 9.17) is 14.2 Å². The number of nitrogens with one attached hydrogen (secondary N) is 1. The van der Waals surface area contributed by atoms with E-state index in [-0.39, 0.29) is 29.4 Å². The second-order valence-corrected chi connectivity index (χ2v) is 7.83. The maximum Gasteiger partial charge on any atom is 0.228 e. The highest BCUT2D eigenvalue weighted by Crippen LogP contribution is 2.68. The van der Waals surface area contributed by atoms with Crippen LogP contribution >= 0.6 is 0 Å². The van der Waals surface area contributed by atoms with E-state index in [2.05, 4.69) is 19.2 Å². The van der Waals surface area contributed by atoms with Gasteiger partial charge in [0.2, 0.25) is 11.7 Å². The maximum absolute atomic E-state index is 12.6. The van der Waals surface area contributed by atoms with E-state index in [1.807, 2.05) is 6.92 Å². The molecule has 2 aliphatic rings. The van der Waals surface area contributed by atoms with Crippen molar-refractivity contribution in [2.75, 3.05) is 21.3 Å². The number of hydrogen-bond donors (Lipinski definition) is 1. The summed E-state index contributed by atoms with van der Waals surface area (Å²) in [7, 11) is 4.61. The molecule has 0 heterocycles. The van der Waals surface area contributed by atoms with E-state index >= 15 is 0 Å². The average molecular weight is 373 g/mol. The summed E-state index contributed by atoms with van der Waals surface area (Å²) in [5.74, 6) is 2.17. The Labute approximate surface area is 159 Å². The van der Waals surface area contributed by atoms with Crippen LogP contribution in [0.25, 0.3) is 0 Å². The van der Waals surface area contributed by atoms with Gasteiger partial charge in [0.05, 0.1) is 27.8 Å². The summed E-state index contributed by atoms with van der Waals surface area (Å²) in [6.07, 6.45) is 0.736. The number of carbonyl (C=O) groups excluding carboxylic acids is 2. The number of methoxy groups -OCH3 is 3. The lowest BCUT2D eigenvalue weighted by Crippen LogP contribution is -2.26. The summed E-state index contributed by atoms with van der Waals surface area (Å²) in [4.78, 5) is 24.8. The molecule has 1 amide bonds. The van der Waals surface area contributed by atoms with Gasteiger partial charge >= 0.3 is 0 Å². The van der Waals surface area contributed by atoms with Crippen molar-refractivity contribution >= 4 is 11.7 Å². The van der Waals surface area contributed by atoms with Crippen molar-refractivity contribution in [3.63, 3.8) is 0 Å². The summed E-state index contributed by atoms with van der Waals surface area (Å²) in [5.41, 5.74) is 2.37. The number of ketones is 1. The molecular formula is C21H27NO5. The fraction of sp³-hybridized carbons (Fsp3) is 0.524. The highest BCUT2D eigenvalue weighted by Gasteiger charge is 2.65. The summed E-state index contributed by atoms with van der Waals surface area (Å²) in [5, 5.41) is 2.91. The lowest BCUT2D eigenvalue weighted by Gasteiger charge is -2.15. The van der Waals surface area contributed by atoms with Crippen LogP contribution in [0, 0.1) is 17.3 Å². The van der Waals surface area contributed by atoms with Crippen LogP contribution in [0.4, 0.5) is 0 Å². The molecule has 2 saturated carbocycles. The van der Waals surface area contributed by atoms with Gasteiger partial charge in [0.25, 0.3) is 0 Å². The number of amides is 1. The topological polar surface area (TPSA) is 73.9 Å². The third kappa shape index (κ3) is 3.29. The lowest BCUT2D eigenvalue weighted by molar-refractivity contribution is -0.119. The number of benzene rings is 1. The van der Waals surface area contributed by atoms with Crippen LogP contribution < -0.4 is 19.5 Å². The molecule has 1 aromatic carbocycles. The molecule has 1 aromatic rings. The molecule has 1 N–H and O–H groups in total. The van der Waals surface area contributed by atoms with Gasteiger partial charge in [-0.05, 0) is 41.9 Å². The van der Waals surface area contributed by atoms with Crippen molar-refractivity contribution < 1.29 is 23.8 Å². The summed E-state index contributed by atoms with van der Waals surface area (Å²) < 4.78 is 16.0. The summed E-state index contributed by atoms with van der Waals surface area (Å²) in [6.45, 7) is 6.18. The van der Waals surface area contributed by atoms with Gasteiger partial charge < -0.3 is 19.5 Å². The molecule has 0 aliphatic heterocycles. The number of allylic oxidation sites excluding steroid dienone is 2. The highest BCUT2D eigenvalue weighted by atomic mass is 16.5. The smallest absolute Gasteiger partial charge is 0.228 e. The van der Waals surface area contributed by atoms with Gasteiger partial charge in [0.15, 0.2) is 17.3 Å². The Morgan fingerprint density at radius 2 is 1.74 bits per heavy atom. The maximum atomic E-state index is 12.6. The second kappa shape index (κ2) is 6.91. The zero-order valence-corrected chi connectivity index (χ0v) is 16.8. The Morgan fingerprint density at radius 3 is 2.22 bits per heavy atom. The highest BCUT2D eigenvalue weighted by molar-refractivity contribution is 6.01. The van der Waals surface area contributed by atoms with E-state index in [1.54, 1.807) is 12.1 Å². The molecule has 0 unspecified atom stereocenters. The molecule has 0 bridgehead atoms. The minimum absolute atomic E-state index is 0.146. The fourth-order valence-corrected chi connectivity index (χ4v) is 4.37. The first-order valence-corrected chi connectivity index (χ1v) is 9.07. The first-order valence-electron chi connectivity index (χ1n) is 9.07. The number of fused-ring (bicyclic) bond motifs is 1. The normalized spacial score (nSPS) is 24.1. The SMILES string of the molecule is COc1cc(CC(=O)NC(C)=C2C(=O)C[C@@H]3[C@H]2C3(C)C)cc(OC)c1OC. The van der Waals surface area contributed by atoms with Crippen LogP contribution in [-0.2, 0) is 16.0 Å². The summed E-state index contributed by atoms with van der Waals surface area (Å²) >= 11 is 0. The lowest BCUT2D eigenvalue weighted by atomic mass is 9.95. The van der Waals surface area contributed by atoms with Gasteiger partial charge in [-0.25, -0.2) is 0 Å². The first kappa shape index (κ1) is 19.3. The van der Waals surface area contributed by atoms with Gasteiger partial charge in [0.1, 0.15) is 0 Å². The number of Topliss-reactive ketones (excluding diaryl/α,β-unsaturated/α-hetero) is 1. The van der Waals surface area contributed by atoms with Crippen LogP contribution in [0.3, 0.4) is 0 Å². The van der Waals surface area contributed by atoms with Crippen molar-refractivity contribution in [1.82, 2.24) is 5.32 Å². The molecule has 2 fully saturated rings. The molecule has 0 spiro atoms. The Balaban J connectivity index is 1.77. The van der Waals surface area contributed by atoms with E-state index in [1.165, 1.54) is 21.3 Å². The zero-order chi connectivity index (χ0) is 19.9. The van der Waals surface area contributed by atoms with Crippen LogP contribution in [-0.4, -0.2) is 33.0 Å². The number of hydrogen-bond acceptors (Lipinski definition) is 5.